The summed E-state index contributed by atoms with van der Waals surface area (Å²) in [6.07, 6.45) is 4.01. The highest BCUT2D eigenvalue weighted by Crippen LogP contribution is 2.38. The largest absolute Gasteiger partial charge is 0.315 e. The van der Waals surface area contributed by atoms with Crippen molar-refractivity contribution >= 4 is 34.1 Å². The first-order valence-electron chi connectivity index (χ1n) is 10.9. The first-order valence-corrected chi connectivity index (χ1v) is 11.8. The van der Waals surface area contributed by atoms with Gasteiger partial charge in [-0.1, -0.05) is 42.5 Å². The van der Waals surface area contributed by atoms with E-state index in [-0.39, 0.29) is 6.42 Å². The van der Waals surface area contributed by atoms with E-state index in [2.05, 4.69) is 11.4 Å². The second kappa shape index (κ2) is 8.64. The number of carbonyl (C=O) groups excluding carboxylic acids is 3. The number of carbonyl (C=O) groups is 3. The molecule has 1 unspecified atom stereocenters. The molecule has 1 aliphatic heterocycles. The van der Waals surface area contributed by atoms with Gasteiger partial charge in [0.15, 0.2) is 0 Å². The zero-order valence-corrected chi connectivity index (χ0v) is 18.7. The van der Waals surface area contributed by atoms with Gasteiger partial charge in [-0.05, 0) is 48.9 Å². The molecule has 0 saturated heterocycles. The number of hydrogen-bond donors (Lipinski definition) is 1. The van der Waals surface area contributed by atoms with Gasteiger partial charge < -0.3 is 5.32 Å². The quantitative estimate of drug-likeness (QED) is 0.580. The molecule has 1 atom stereocenters. The molecule has 6 nitrogen and oxygen atoms in total. The van der Waals surface area contributed by atoms with Crippen LogP contribution in [0.25, 0.3) is 0 Å². The van der Waals surface area contributed by atoms with Gasteiger partial charge in [-0.15, -0.1) is 11.3 Å². The highest BCUT2D eigenvalue weighted by atomic mass is 32.1. The number of rotatable bonds is 5. The Morgan fingerprint density at radius 3 is 2.30 bits per heavy atom. The average molecular weight is 456 g/mol. The molecule has 1 N–H and O–H groups in total. The minimum Gasteiger partial charge on any atom is -0.315 e. The Kier molecular flexibility index (Phi) is 5.53. The van der Waals surface area contributed by atoms with Crippen LogP contribution in [0.5, 0.6) is 0 Å². The van der Waals surface area contributed by atoms with Gasteiger partial charge in [0.1, 0.15) is 17.1 Å². The van der Waals surface area contributed by atoms with Crippen molar-refractivity contribution in [3.63, 3.8) is 0 Å². The Hall–Kier alpha value is -3.76. The van der Waals surface area contributed by atoms with E-state index in [1.54, 1.807) is 24.3 Å². The van der Waals surface area contributed by atoms with Gasteiger partial charge in [0.2, 0.25) is 5.91 Å². The summed E-state index contributed by atoms with van der Waals surface area (Å²) in [6, 6.07) is 17.1. The molecule has 2 heterocycles. The topological polar surface area (TPSA) is 90.3 Å². The lowest BCUT2D eigenvalue weighted by molar-refractivity contribution is -0.119. The number of nitrogens with one attached hydrogen (secondary N) is 1. The van der Waals surface area contributed by atoms with Gasteiger partial charge in [-0.3, -0.25) is 19.3 Å². The van der Waals surface area contributed by atoms with E-state index >= 15 is 0 Å². The minimum absolute atomic E-state index is 0.186. The Bertz CT molecular complexity index is 1270. The molecule has 7 heteroatoms. The SMILES string of the molecule is N#Cc1c(NC(=O)C(Cc2ccccc2)N2C(=O)c3ccccc3C2=O)sc2c1CCCC2. The molecule has 0 spiro atoms. The van der Waals surface area contributed by atoms with Crippen LogP contribution in [0.15, 0.2) is 54.6 Å². The average Bonchev–Trinajstić information content (AvgIpc) is 3.32. The van der Waals surface area contributed by atoms with Crippen molar-refractivity contribution in [2.45, 2.75) is 38.1 Å². The number of anilines is 1. The second-order valence-electron chi connectivity index (χ2n) is 8.25. The molecule has 2 aromatic carbocycles. The number of imide groups is 1. The van der Waals surface area contributed by atoms with E-state index in [9.17, 15) is 19.6 Å². The maximum atomic E-state index is 13.6. The van der Waals surface area contributed by atoms with Crippen LogP contribution in [-0.4, -0.2) is 28.7 Å². The van der Waals surface area contributed by atoms with Crippen molar-refractivity contribution in [3.05, 3.63) is 87.3 Å². The Morgan fingerprint density at radius 1 is 1.00 bits per heavy atom. The number of benzene rings is 2. The van der Waals surface area contributed by atoms with Crippen molar-refractivity contribution in [1.82, 2.24) is 4.90 Å². The van der Waals surface area contributed by atoms with Crippen molar-refractivity contribution in [1.29, 1.82) is 5.26 Å². The standard InChI is InChI=1S/C26H21N3O3S/c27-15-20-17-10-6-7-13-22(17)33-24(20)28-23(30)21(14-16-8-2-1-3-9-16)29-25(31)18-11-4-5-12-19(18)26(29)32/h1-5,8-9,11-12,21H,6-7,10,13-14H2,(H,28,30). The van der Waals surface area contributed by atoms with E-state index in [0.29, 0.717) is 21.7 Å². The smallest absolute Gasteiger partial charge is 0.262 e. The molecule has 5 rings (SSSR count). The molecular weight excluding hydrogens is 434 g/mol. The van der Waals surface area contributed by atoms with E-state index in [1.807, 2.05) is 30.3 Å². The number of fused-ring (bicyclic) bond motifs is 2. The Balaban J connectivity index is 1.50. The third-order valence-electron chi connectivity index (χ3n) is 6.23. The van der Waals surface area contributed by atoms with Gasteiger partial charge in [0, 0.05) is 11.3 Å². The normalized spacial score (nSPS) is 15.5. The summed E-state index contributed by atoms with van der Waals surface area (Å²) in [6.45, 7) is 0. The number of aryl methyl sites for hydroxylation is 1. The summed E-state index contributed by atoms with van der Waals surface area (Å²) >= 11 is 1.43. The van der Waals surface area contributed by atoms with E-state index < -0.39 is 23.8 Å². The van der Waals surface area contributed by atoms with E-state index in [1.165, 1.54) is 11.3 Å². The highest BCUT2D eigenvalue weighted by molar-refractivity contribution is 7.16. The molecule has 3 aromatic rings. The Morgan fingerprint density at radius 2 is 1.64 bits per heavy atom. The summed E-state index contributed by atoms with van der Waals surface area (Å²) in [5, 5.41) is 13.1. The highest BCUT2D eigenvalue weighted by Gasteiger charge is 2.43. The van der Waals surface area contributed by atoms with Gasteiger partial charge in [-0.2, -0.15) is 5.26 Å². The van der Waals surface area contributed by atoms with Crippen molar-refractivity contribution in [3.8, 4) is 6.07 Å². The zero-order valence-electron chi connectivity index (χ0n) is 17.8. The molecule has 164 valence electrons. The van der Waals surface area contributed by atoms with Crippen molar-refractivity contribution in [2.75, 3.05) is 5.32 Å². The molecule has 1 aliphatic carbocycles. The lowest BCUT2D eigenvalue weighted by Crippen LogP contribution is -2.48. The minimum atomic E-state index is -1.04. The van der Waals surface area contributed by atoms with Crippen LogP contribution < -0.4 is 5.32 Å². The third kappa shape index (κ3) is 3.73. The van der Waals surface area contributed by atoms with Crippen LogP contribution in [0.4, 0.5) is 5.00 Å². The lowest BCUT2D eigenvalue weighted by atomic mass is 9.96. The van der Waals surface area contributed by atoms with E-state index in [4.69, 9.17) is 0 Å². The van der Waals surface area contributed by atoms with Gasteiger partial charge in [0.05, 0.1) is 16.7 Å². The number of amides is 3. The third-order valence-corrected chi connectivity index (χ3v) is 7.44. The van der Waals surface area contributed by atoms with Gasteiger partial charge in [0.25, 0.3) is 11.8 Å². The molecule has 0 bridgehead atoms. The molecule has 3 amide bonds. The summed E-state index contributed by atoms with van der Waals surface area (Å²) in [7, 11) is 0. The zero-order chi connectivity index (χ0) is 22.9. The fourth-order valence-corrected chi connectivity index (χ4v) is 5.84. The molecule has 2 aliphatic rings. The van der Waals surface area contributed by atoms with E-state index in [0.717, 1.165) is 46.6 Å². The number of thiophene rings is 1. The first-order chi connectivity index (χ1) is 16.1. The predicted octanol–water partition coefficient (Wildman–Crippen LogP) is 4.34. The fourth-order valence-electron chi connectivity index (χ4n) is 4.60. The number of nitrogens with zero attached hydrogens (tertiary/aromatic N) is 2. The molecule has 33 heavy (non-hydrogen) atoms. The second-order valence-corrected chi connectivity index (χ2v) is 9.35. The molecule has 0 radical (unpaired) electrons. The van der Waals surface area contributed by atoms with Crippen LogP contribution in [0.1, 0.15) is 55.1 Å². The predicted molar refractivity (Wildman–Crippen MR) is 125 cm³/mol. The maximum Gasteiger partial charge on any atom is 0.262 e. The Labute approximate surface area is 195 Å². The molecule has 1 aromatic heterocycles. The summed E-state index contributed by atoms with van der Waals surface area (Å²) in [5.74, 6) is -1.42. The van der Waals surface area contributed by atoms with Crippen LogP contribution >= 0.6 is 11.3 Å². The van der Waals surface area contributed by atoms with Crippen LogP contribution in [0.3, 0.4) is 0 Å². The van der Waals surface area contributed by atoms with Crippen molar-refractivity contribution < 1.29 is 14.4 Å². The molecule has 0 saturated carbocycles. The fraction of sp³-hybridized carbons (Fsp3) is 0.231. The summed E-state index contributed by atoms with van der Waals surface area (Å²) in [5.41, 5.74) is 2.96. The summed E-state index contributed by atoms with van der Waals surface area (Å²) < 4.78 is 0. The first kappa shape index (κ1) is 21.1. The monoisotopic (exact) mass is 455 g/mol. The lowest BCUT2D eigenvalue weighted by Gasteiger charge is -2.25. The van der Waals surface area contributed by atoms with Crippen LogP contribution in [0.2, 0.25) is 0 Å². The maximum absolute atomic E-state index is 13.6. The van der Waals surface area contributed by atoms with Gasteiger partial charge >= 0.3 is 0 Å². The summed E-state index contributed by atoms with van der Waals surface area (Å²) in [4.78, 5) is 42.1. The van der Waals surface area contributed by atoms with Crippen LogP contribution in [-0.2, 0) is 24.1 Å². The number of nitriles is 1. The molecule has 0 fully saturated rings. The van der Waals surface area contributed by atoms with Gasteiger partial charge in [-0.25, -0.2) is 0 Å². The number of hydrogen-bond acceptors (Lipinski definition) is 5. The van der Waals surface area contributed by atoms with Crippen LogP contribution in [0, 0.1) is 11.3 Å². The molecular formula is C26H21N3O3S. The van der Waals surface area contributed by atoms with Crippen molar-refractivity contribution in [2.24, 2.45) is 0 Å².